The minimum Gasteiger partial charge on any atom is -0.343 e. The van der Waals surface area contributed by atoms with Gasteiger partial charge >= 0.3 is 0 Å². The average molecular weight is 235 g/mol. The molecular formula is C13H21N3O. The topological polar surface area (TPSA) is 58.4 Å². The first kappa shape index (κ1) is 13.7. The van der Waals surface area contributed by atoms with E-state index in [0.717, 1.165) is 12.1 Å². The zero-order valence-electron chi connectivity index (χ0n) is 10.5. The molecule has 1 aromatic rings. The second-order valence-electron chi connectivity index (χ2n) is 4.16. The van der Waals surface area contributed by atoms with Crippen LogP contribution in [-0.4, -0.2) is 44.0 Å². The monoisotopic (exact) mass is 235 g/mol. The van der Waals surface area contributed by atoms with E-state index in [2.05, 4.69) is 5.32 Å². The summed E-state index contributed by atoms with van der Waals surface area (Å²) < 4.78 is 0. The third-order valence-electron chi connectivity index (χ3n) is 2.69. The van der Waals surface area contributed by atoms with Crippen molar-refractivity contribution in [2.75, 3.05) is 27.2 Å². The molecule has 0 radical (unpaired) electrons. The average Bonchev–Trinajstić information content (AvgIpc) is 2.36. The van der Waals surface area contributed by atoms with Crippen LogP contribution in [0.25, 0.3) is 0 Å². The van der Waals surface area contributed by atoms with Crippen LogP contribution in [-0.2, 0) is 11.2 Å². The lowest BCUT2D eigenvalue weighted by Crippen LogP contribution is -2.44. The maximum absolute atomic E-state index is 11.9. The van der Waals surface area contributed by atoms with Gasteiger partial charge in [0.15, 0.2) is 0 Å². The minimum atomic E-state index is -0.459. The Morgan fingerprint density at radius 2 is 2.06 bits per heavy atom. The summed E-state index contributed by atoms with van der Waals surface area (Å²) in [4.78, 5) is 13.6. The van der Waals surface area contributed by atoms with Crippen molar-refractivity contribution in [3.63, 3.8) is 0 Å². The quantitative estimate of drug-likeness (QED) is 0.742. The summed E-state index contributed by atoms with van der Waals surface area (Å²) in [6.07, 6.45) is 0.587. The van der Waals surface area contributed by atoms with Gasteiger partial charge in [0, 0.05) is 20.1 Å². The summed E-state index contributed by atoms with van der Waals surface area (Å²) in [7, 11) is 3.65. The van der Waals surface area contributed by atoms with Crippen LogP contribution in [0.3, 0.4) is 0 Å². The smallest absolute Gasteiger partial charge is 0.239 e. The number of hydrogen-bond acceptors (Lipinski definition) is 3. The van der Waals surface area contributed by atoms with Crippen LogP contribution in [0.1, 0.15) is 5.56 Å². The van der Waals surface area contributed by atoms with E-state index < -0.39 is 6.04 Å². The van der Waals surface area contributed by atoms with Gasteiger partial charge in [0.25, 0.3) is 0 Å². The highest BCUT2D eigenvalue weighted by atomic mass is 16.2. The standard InChI is InChI=1S/C13H21N3O/c1-15-8-9-16(2)13(17)12(14)10-11-6-4-3-5-7-11/h3-7,12,15H,8-10,14H2,1-2H3/t12-/m1/s1. The zero-order chi connectivity index (χ0) is 12.7. The molecule has 0 aliphatic carbocycles. The van der Waals surface area contributed by atoms with Gasteiger partial charge in [0.05, 0.1) is 6.04 Å². The van der Waals surface area contributed by atoms with E-state index in [1.807, 2.05) is 37.4 Å². The Labute approximate surface area is 103 Å². The summed E-state index contributed by atoms with van der Waals surface area (Å²) in [6, 6.07) is 9.38. The van der Waals surface area contributed by atoms with E-state index in [1.165, 1.54) is 0 Å². The number of rotatable bonds is 6. The van der Waals surface area contributed by atoms with Crippen LogP contribution < -0.4 is 11.1 Å². The van der Waals surface area contributed by atoms with Crippen molar-refractivity contribution in [2.24, 2.45) is 5.73 Å². The zero-order valence-corrected chi connectivity index (χ0v) is 10.5. The minimum absolute atomic E-state index is 0.0101. The van der Waals surface area contributed by atoms with Crippen LogP contribution in [0, 0.1) is 0 Å². The van der Waals surface area contributed by atoms with E-state index >= 15 is 0 Å². The van der Waals surface area contributed by atoms with E-state index in [-0.39, 0.29) is 5.91 Å². The Balaban J connectivity index is 2.47. The molecule has 0 saturated carbocycles. The number of carbonyl (C=O) groups excluding carboxylic acids is 1. The predicted molar refractivity (Wildman–Crippen MR) is 69.7 cm³/mol. The summed E-state index contributed by atoms with van der Waals surface area (Å²) in [5, 5.41) is 3.01. The number of nitrogens with two attached hydrogens (primary N) is 1. The second-order valence-corrected chi connectivity index (χ2v) is 4.16. The SMILES string of the molecule is CNCCN(C)C(=O)[C@H](N)Cc1ccccc1. The molecule has 0 saturated heterocycles. The van der Waals surface area contributed by atoms with Crippen LogP contribution in [0.2, 0.25) is 0 Å². The molecule has 1 amide bonds. The van der Waals surface area contributed by atoms with Gasteiger partial charge in [-0.3, -0.25) is 4.79 Å². The fourth-order valence-electron chi connectivity index (χ4n) is 1.63. The summed E-state index contributed by atoms with van der Waals surface area (Å²) in [5.74, 6) is -0.0101. The largest absolute Gasteiger partial charge is 0.343 e. The molecular weight excluding hydrogens is 214 g/mol. The van der Waals surface area contributed by atoms with Crippen molar-refractivity contribution in [3.05, 3.63) is 35.9 Å². The molecule has 4 nitrogen and oxygen atoms in total. The molecule has 17 heavy (non-hydrogen) atoms. The normalized spacial score (nSPS) is 12.2. The molecule has 0 aromatic heterocycles. The van der Waals surface area contributed by atoms with Crippen molar-refractivity contribution in [1.82, 2.24) is 10.2 Å². The van der Waals surface area contributed by atoms with Crippen molar-refractivity contribution in [2.45, 2.75) is 12.5 Å². The number of hydrogen-bond donors (Lipinski definition) is 2. The van der Waals surface area contributed by atoms with Crippen molar-refractivity contribution >= 4 is 5.91 Å². The van der Waals surface area contributed by atoms with E-state index in [0.29, 0.717) is 13.0 Å². The number of nitrogens with one attached hydrogen (secondary N) is 1. The Morgan fingerprint density at radius 1 is 1.41 bits per heavy atom. The number of amides is 1. The lowest BCUT2D eigenvalue weighted by Gasteiger charge is -2.21. The van der Waals surface area contributed by atoms with E-state index in [1.54, 1.807) is 11.9 Å². The van der Waals surface area contributed by atoms with Gasteiger partial charge in [0.2, 0.25) is 5.91 Å². The Hall–Kier alpha value is -1.39. The molecule has 1 rings (SSSR count). The number of likely N-dealkylation sites (N-methyl/N-ethyl adjacent to an activating group) is 2. The van der Waals surface area contributed by atoms with Gasteiger partial charge in [-0.05, 0) is 19.0 Å². The highest BCUT2D eigenvalue weighted by Crippen LogP contribution is 2.03. The van der Waals surface area contributed by atoms with Crippen LogP contribution in [0.5, 0.6) is 0 Å². The third kappa shape index (κ3) is 4.54. The first-order chi connectivity index (χ1) is 8.15. The van der Waals surface area contributed by atoms with Gasteiger partial charge in [-0.15, -0.1) is 0 Å². The van der Waals surface area contributed by atoms with Gasteiger partial charge in [-0.2, -0.15) is 0 Å². The van der Waals surface area contributed by atoms with Crippen LogP contribution >= 0.6 is 0 Å². The molecule has 1 aromatic carbocycles. The van der Waals surface area contributed by atoms with Gasteiger partial charge in [0.1, 0.15) is 0 Å². The van der Waals surface area contributed by atoms with Crippen molar-refractivity contribution in [1.29, 1.82) is 0 Å². The highest BCUT2D eigenvalue weighted by Gasteiger charge is 2.17. The number of carbonyl (C=O) groups is 1. The van der Waals surface area contributed by atoms with E-state index in [4.69, 9.17) is 5.73 Å². The molecule has 0 fully saturated rings. The summed E-state index contributed by atoms with van der Waals surface area (Å²) in [6.45, 7) is 1.46. The molecule has 0 unspecified atom stereocenters. The summed E-state index contributed by atoms with van der Waals surface area (Å²) in [5.41, 5.74) is 7.00. The van der Waals surface area contributed by atoms with Crippen LogP contribution in [0.15, 0.2) is 30.3 Å². The maximum Gasteiger partial charge on any atom is 0.239 e. The first-order valence-electron chi connectivity index (χ1n) is 5.84. The molecule has 0 spiro atoms. The number of nitrogens with zero attached hydrogens (tertiary/aromatic N) is 1. The summed E-state index contributed by atoms with van der Waals surface area (Å²) >= 11 is 0. The molecule has 0 aliphatic heterocycles. The van der Waals surface area contributed by atoms with Crippen molar-refractivity contribution in [3.8, 4) is 0 Å². The fraction of sp³-hybridized carbons (Fsp3) is 0.462. The fourth-order valence-corrected chi connectivity index (χ4v) is 1.63. The maximum atomic E-state index is 11.9. The third-order valence-corrected chi connectivity index (χ3v) is 2.69. The number of benzene rings is 1. The molecule has 4 heteroatoms. The van der Waals surface area contributed by atoms with Gasteiger partial charge in [-0.25, -0.2) is 0 Å². The molecule has 94 valence electrons. The Kier molecular flexibility index (Phi) is 5.66. The molecule has 1 atom stereocenters. The molecule has 3 N–H and O–H groups in total. The Morgan fingerprint density at radius 3 is 2.65 bits per heavy atom. The molecule has 0 aliphatic rings. The lowest BCUT2D eigenvalue weighted by molar-refractivity contribution is -0.131. The highest BCUT2D eigenvalue weighted by molar-refractivity contribution is 5.81. The van der Waals surface area contributed by atoms with Crippen molar-refractivity contribution < 1.29 is 4.79 Å². The first-order valence-corrected chi connectivity index (χ1v) is 5.84. The van der Waals surface area contributed by atoms with Crippen LogP contribution in [0.4, 0.5) is 0 Å². The Bertz CT molecular complexity index is 340. The van der Waals surface area contributed by atoms with Gasteiger partial charge in [-0.1, -0.05) is 30.3 Å². The molecule has 0 bridgehead atoms. The van der Waals surface area contributed by atoms with Gasteiger partial charge < -0.3 is 16.0 Å². The lowest BCUT2D eigenvalue weighted by atomic mass is 10.1. The molecule has 0 heterocycles. The predicted octanol–water partition coefficient (Wildman–Crippen LogP) is 0.234. The van der Waals surface area contributed by atoms with E-state index in [9.17, 15) is 4.79 Å². The second kappa shape index (κ2) is 7.04.